The Balaban J connectivity index is 2.83. The fourth-order valence-corrected chi connectivity index (χ4v) is 0.430. The first-order valence-electron chi connectivity index (χ1n) is 2.62. The lowest BCUT2D eigenvalue weighted by Crippen LogP contribution is -2.22. The molecule has 0 unspecified atom stereocenters. The van der Waals surface area contributed by atoms with Crippen LogP contribution in [0.3, 0.4) is 0 Å². The molecule has 0 aliphatic heterocycles. The van der Waals surface area contributed by atoms with E-state index in [0.29, 0.717) is 0 Å². The number of rotatable bonds is 3. The maximum atomic E-state index is 5.40. The summed E-state index contributed by atoms with van der Waals surface area (Å²) < 4.78 is 0. The Morgan fingerprint density at radius 3 is 2.43 bits per heavy atom. The minimum Gasteiger partial charge on any atom is -0.0905 e. The van der Waals surface area contributed by atoms with Crippen molar-refractivity contribution in [1.29, 1.82) is 0 Å². The van der Waals surface area contributed by atoms with Crippen molar-refractivity contribution in [2.24, 2.45) is 0 Å². The molecule has 5 radical (unpaired) electrons. The number of hydrogen-bond donors (Lipinski definition) is 0. The van der Waals surface area contributed by atoms with Gasteiger partial charge >= 0.3 is 0 Å². The van der Waals surface area contributed by atoms with Gasteiger partial charge in [-0.25, -0.2) is 0 Å². The van der Waals surface area contributed by atoms with Crippen molar-refractivity contribution >= 4 is 29.0 Å². The predicted molar refractivity (Wildman–Crippen MR) is 38.1 cm³/mol. The molecule has 0 aromatic carbocycles. The highest BCUT2D eigenvalue weighted by molar-refractivity contribution is 7.46. The molecular formula is C3H7B4. The van der Waals surface area contributed by atoms with E-state index in [2.05, 4.69) is 6.92 Å². The molecule has 0 spiro atoms. The maximum absolute atomic E-state index is 5.40. The molecule has 0 aliphatic rings. The minimum atomic E-state index is 0.102. The van der Waals surface area contributed by atoms with Gasteiger partial charge in [-0.2, -0.15) is 0 Å². The minimum absolute atomic E-state index is 0.102. The molecule has 0 heterocycles. The Kier molecular flexibility index (Phi) is 4.58. The van der Waals surface area contributed by atoms with E-state index in [1.54, 1.807) is 0 Å². The van der Waals surface area contributed by atoms with E-state index in [9.17, 15) is 0 Å². The van der Waals surface area contributed by atoms with Crippen molar-refractivity contribution < 1.29 is 0 Å². The van der Waals surface area contributed by atoms with Crippen molar-refractivity contribution in [3.05, 3.63) is 0 Å². The van der Waals surface area contributed by atoms with Gasteiger partial charge in [0.25, 0.3) is 0 Å². The van der Waals surface area contributed by atoms with Crippen LogP contribution in [0.1, 0.15) is 13.3 Å². The van der Waals surface area contributed by atoms with Crippen molar-refractivity contribution in [2.75, 3.05) is 0 Å². The lowest BCUT2D eigenvalue weighted by atomic mass is 9.04. The second-order valence-electron chi connectivity index (χ2n) is 1.64. The molecule has 0 aromatic rings. The molecule has 0 amide bonds. The molecule has 0 saturated carbocycles. The summed E-state index contributed by atoms with van der Waals surface area (Å²) >= 11 is 0. The van der Waals surface area contributed by atoms with Gasteiger partial charge in [0.05, 0.1) is 0 Å². The van der Waals surface area contributed by atoms with E-state index < -0.39 is 0 Å². The Morgan fingerprint density at radius 2 is 2.29 bits per heavy atom. The first-order valence-corrected chi connectivity index (χ1v) is 2.62. The standard InChI is InChI=1S/C3H7B4/c1-2-3-7(5)6-4/h2-3H2,1H3. The van der Waals surface area contributed by atoms with E-state index in [0.717, 1.165) is 12.7 Å². The van der Waals surface area contributed by atoms with Crippen molar-refractivity contribution in [1.82, 2.24) is 0 Å². The summed E-state index contributed by atoms with van der Waals surface area (Å²) in [5.74, 6) is 0. The summed E-state index contributed by atoms with van der Waals surface area (Å²) in [6.45, 7) is 2.19. The third kappa shape index (κ3) is 4.11. The summed E-state index contributed by atoms with van der Waals surface area (Å²) in [5.41, 5.74) is 0. The topological polar surface area (TPSA) is 0 Å². The summed E-state index contributed by atoms with van der Waals surface area (Å²) in [7, 11) is 12.0. The molecule has 7 heavy (non-hydrogen) atoms. The van der Waals surface area contributed by atoms with E-state index >= 15 is 0 Å². The molecule has 0 bridgehead atoms. The molecule has 0 aromatic heterocycles. The van der Waals surface area contributed by atoms with E-state index in [4.69, 9.17) is 15.5 Å². The van der Waals surface area contributed by atoms with Crippen LogP contribution < -0.4 is 0 Å². The van der Waals surface area contributed by atoms with Gasteiger partial charge in [0.15, 0.2) is 0 Å². The fraction of sp³-hybridized carbons (Fsp3) is 1.00. The van der Waals surface area contributed by atoms with Gasteiger partial charge < -0.3 is 0 Å². The quantitative estimate of drug-likeness (QED) is 0.419. The molecule has 0 saturated heterocycles. The zero-order chi connectivity index (χ0) is 5.70. The Bertz CT molecular complexity index is 37.9. The van der Waals surface area contributed by atoms with Crippen LogP contribution in [0.2, 0.25) is 6.32 Å². The highest BCUT2D eigenvalue weighted by Crippen LogP contribution is 1.88. The van der Waals surface area contributed by atoms with E-state index in [1.807, 2.05) is 0 Å². The van der Waals surface area contributed by atoms with Crippen LogP contribution in [-0.4, -0.2) is 29.0 Å². The Hall–Kier alpha value is 0.260. The van der Waals surface area contributed by atoms with Gasteiger partial charge in [-0.3, -0.25) is 0 Å². The van der Waals surface area contributed by atoms with Crippen molar-refractivity contribution in [3.8, 4) is 0 Å². The summed E-state index contributed by atoms with van der Waals surface area (Å²) in [5, 5.41) is 0. The molecule has 4 heteroatoms. The van der Waals surface area contributed by atoms with Gasteiger partial charge in [-0.1, -0.05) is 19.7 Å². The average Bonchev–Trinajstić information content (AvgIpc) is 1.68. The van der Waals surface area contributed by atoms with Crippen LogP contribution >= 0.6 is 0 Å². The Labute approximate surface area is 49.5 Å². The van der Waals surface area contributed by atoms with Crippen LogP contribution in [0.15, 0.2) is 0 Å². The molecule has 0 aliphatic carbocycles. The molecule has 0 rings (SSSR count). The first-order chi connectivity index (χ1) is 3.31. The average molecular weight is 86.3 g/mol. The lowest BCUT2D eigenvalue weighted by Gasteiger charge is -1.98. The van der Waals surface area contributed by atoms with E-state index in [1.165, 1.54) is 7.06 Å². The van der Waals surface area contributed by atoms with Crippen LogP contribution in [-0.2, 0) is 0 Å². The molecular weight excluding hydrogens is 79.3 g/mol. The molecule has 31 valence electrons. The highest BCUT2D eigenvalue weighted by Gasteiger charge is 1.97. The summed E-state index contributed by atoms with van der Waals surface area (Å²) in [4.78, 5) is 0. The highest BCUT2D eigenvalue weighted by atomic mass is 13.6. The molecule has 0 atom stereocenters. The second kappa shape index (κ2) is 4.42. The second-order valence-corrected chi connectivity index (χ2v) is 1.64. The fourth-order valence-electron chi connectivity index (χ4n) is 0.430. The van der Waals surface area contributed by atoms with E-state index in [-0.39, 0.29) is 6.49 Å². The lowest BCUT2D eigenvalue weighted by molar-refractivity contribution is 1.08. The van der Waals surface area contributed by atoms with Crippen LogP contribution in [0.25, 0.3) is 0 Å². The SMILES string of the molecule is [B][B]B([B])CCC. The van der Waals surface area contributed by atoms with Crippen LogP contribution in [0, 0.1) is 0 Å². The van der Waals surface area contributed by atoms with Gasteiger partial charge in [0, 0.05) is 29.0 Å². The van der Waals surface area contributed by atoms with Crippen molar-refractivity contribution in [3.63, 3.8) is 0 Å². The molecule has 0 N–H and O–H groups in total. The summed E-state index contributed by atoms with van der Waals surface area (Å²) in [6.07, 6.45) is 2.10. The van der Waals surface area contributed by atoms with Crippen molar-refractivity contribution in [2.45, 2.75) is 19.7 Å². The molecule has 0 fully saturated rings. The van der Waals surface area contributed by atoms with Gasteiger partial charge in [-0.05, 0) is 0 Å². The normalized spacial score (nSPS) is 8.14. The monoisotopic (exact) mass is 87.1 g/mol. The Morgan fingerprint density at radius 1 is 1.71 bits per heavy atom. The summed E-state index contributed by atoms with van der Waals surface area (Å²) in [6, 6.07) is 0. The van der Waals surface area contributed by atoms with Crippen LogP contribution in [0.5, 0.6) is 0 Å². The van der Waals surface area contributed by atoms with Gasteiger partial charge in [0.1, 0.15) is 0 Å². The zero-order valence-corrected chi connectivity index (χ0v) is 4.72. The number of hydrogen-bond acceptors (Lipinski definition) is 0. The molecule has 0 nitrogen and oxygen atoms in total. The van der Waals surface area contributed by atoms with Crippen LogP contribution in [0.4, 0.5) is 0 Å². The smallest absolute Gasteiger partial charge is 0.0452 e. The maximum Gasteiger partial charge on any atom is 0.0452 e. The zero-order valence-electron chi connectivity index (χ0n) is 4.72. The third-order valence-electron chi connectivity index (χ3n) is 0.869. The third-order valence-corrected chi connectivity index (χ3v) is 0.869. The predicted octanol–water partition coefficient (Wildman–Crippen LogP) is -0.159. The largest absolute Gasteiger partial charge is 0.0905 e. The first kappa shape index (κ1) is 7.26. The van der Waals surface area contributed by atoms with Gasteiger partial charge in [-0.15, -0.1) is 0 Å². The van der Waals surface area contributed by atoms with Gasteiger partial charge in [0.2, 0.25) is 0 Å².